The predicted molar refractivity (Wildman–Crippen MR) is 152 cm³/mol. The molecule has 2 heterocycles. The number of hydrogen-bond donors (Lipinski definition) is 2. The summed E-state index contributed by atoms with van der Waals surface area (Å²) in [5.74, 6) is 0.817. The number of nitrogens with zero attached hydrogens (tertiary/aromatic N) is 1. The van der Waals surface area contributed by atoms with Gasteiger partial charge in [0.2, 0.25) is 5.91 Å². The zero-order valence-corrected chi connectivity index (χ0v) is 23.0. The van der Waals surface area contributed by atoms with Crippen LogP contribution in [0, 0.1) is 13.8 Å². The van der Waals surface area contributed by atoms with Crippen molar-refractivity contribution in [3.05, 3.63) is 113 Å². The second-order valence-electron chi connectivity index (χ2n) is 9.29. The Morgan fingerprint density at radius 2 is 1.77 bits per heavy atom. The number of furan rings is 1. The van der Waals surface area contributed by atoms with Gasteiger partial charge in [-0.05, 0) is 85.1 Å². The van der Waals surface area contributed by atoms with Crippen LogP contribution in [-0.2, 0) is 21.4 Å². The van der Waals surface area contributed by atoms with Crippen molar-refractivity contribution in [3.63, 3.8) is 0 Å². The summed E-state index contributed by atoms with van der Waals surface area (Å²) in [6.45, 7) is 4.12. The minimum absolute atomic E-state index is 0.0397. The molecule has 2 N–H and O–H groups in total. The Morgan fingerprint density at radius 3 is 2.46 bits per heavy atom. The molecule has 1 saturated heterocycles. The largest absolute Gasteiger partial charge is 0.467 e. The summed E-state index contributed by atoms with van der Waals surface area (Å²) >= 11 is 1.54. The van der Waals surface area contributed by atoms with E-state index in [0.29, 0.717) is 35.0 Å². The van der Waals surface area contributed by atoms with Crippen LogP contribution in [0.25, 0.3) is 0 Å². The molecule has 0 saturated carbocycles. The van der Waals surface area contributed by atoms with Gasteiger partial charge in [-0.25, -0.2) is 8.42 Å². The third kappa shape index (κ3) is 6.02. The first kappa shape index (κ1) is 26.6. The van der Waals surface area contributed by atoms with Crippen molar-refractivity contribution in [2.24, 2.45) is 0 Å². The summed E-state index contributed by atoms with van der Waals surface area (Å²) in [6, 6.07) is 22.3. The average molecular weight is 562 g/mol. The highest BCUT2D eigenvalue weighted by Gasteiger charge is 2.33. The van der Waals surface area contributed by atoms with Crippen LogP contribution in [0.5, 0.6) is 0 Å². The first-order valence-corrected chi connectivity index (χ1v) is 14.8. The molecule has 1 aliphatic rings. The van der Waals surface area contributed by atoms with Gasteiger partial charge in [-0.2, -0.15) is 0 Å². The molecule has 1 unspecified atom stereocenters. The lowest BCUT2D eigenvalue weighted by Gasteiger charge is -2.23. The molecular weight excluding hydrogens is 534 g/mol. The number of aryl methyl sites for hydroxylation is 2. The van der Waals surface area contributed by atoms with Crippen LogP contribution in [0.1, 0.15) is 38.2 Å². The molecule has 2 amide bonds. The van der Waals surface area contributed by atoms with Crippen molar-refractivity contribution in [2.45, 2.75) is 30.7 Å². The predicted octanol–water partition coefficient (Wildman–Crippen LogP) is 5.72. The summed E-state index contributed by atoms with van der Waals surface area (Å²) < 4.78 is 33.8. The van der Waals surface area contributed by atoms with Gasteiger partial charge in [0.25, 0.3) is 15.9 Å². The molecule has 1 aromatic heterocycles. The van der Waals surface area contributed by atoms with E-state index in [2.05, 4.69) is 10.0 Å². The lowest BCUT2D eigenvalue weighted by Crippen LogP contribution is -2.27. The standard InChI is InChI=1S/C29H27N3O5S2/c1-19-5-6-20(2)26(16-19)31-39(35,36)25-13-11-23(12-14-25)30-28(34)21-7-9-22(10-8-21)29-32(27(33)18-38-29)17-24-4-3-15-37-24/h3-16,29,31H,17-18H2,1-2H3,(H,30,34). The number of carbonyl (C=O) groups excluding carboxylic acids is 2. The van der Waals surface area contributed by atoms with Crippen LogP contribution in [0.4, 0.5) is 11.4 Å². The van der Waals surface area contributed by atoms with E-state index in [1.54, 1.807) is 47.6 Å². The Labute approximate surface area is 231 Å². The summed E-state index contributed by atoms with van der Waals surface area (Å²) in [5, 5.41) is 2.64. The number of anilines is 2. The van der Waals surface area contributed by atoms with Gasteiger partial charge in [0, 0.05) is 11.3 Å². The maximum atomic E-state index is 12.9. The van der Waals surface area contributed by atoms with Gasteiger partial charge in [-0.15, -0.1) is 11.8 Å². The molecule has 1 fully saturated rings. The van der Waals surface area contributed by atoms with Gasteiger partial charge in [0.15, 0.2) is 0 Å². The molecule has 10 heteroatoms. The summed E-state index contributed by atoms with van der Waals surface area (Å²) in [6.07, 6.45) is 1.58. The molecular formula is C29H27N3O5S2. The highest BCUT2D eigenvalue weighted by atomic mass is 32.2. The molecule has 1 aliphatic heterocycles. The number of nitrogens with one attached hydrogen (secondary N) is 2. The van der Waals surface area contributed by atoms with E-state index in [0.717, 1.165) is 16.7 Å². The van der Waals surface area contributed by atoms with Crippen molar-refractivity contribution < 1.29 is 22.4 Å². The van der Waals surface area contributed by atoms with E-state index in [1.165, 1.54) is 23.9 Å². The normalized spacial score (nSPS) is 15.4. The first-order chi connectivity index (χ1) is 18.7. The van der Waals surface area contributed by atoms with Gasteiger partial charge in [-0.3, -0.25) is 14.3 Å². The van der Waals surface area contributed by atoms with Crippen molar-refractivity contribution in [1.29, 1.82) is 0 Å². The number of thioether (sulfide) groups is 1. The van der Waals surface area contributed by atoms with Crippen LogP contribution in [0.2, 0.25) is 0 Å². The quantitative estimate of drug-likeness (QED) is 0.285. The van der Waals surface area contributed by atoms with E-state index in [4.69, 9.17) is 4.42 Å². The first-order valence-electron chi connectivity index (χ1n) is 12.2. The van der Waals surface area contributed by atoms with Gasteiger partial charge >= 0.3 is 0 Å². The lowest BCUT2D eigenvalue weighted by molar-refractivity contribution is -0.128. The second kappa shape index (κ2) is 11.0. The highest BCUT2D eigenvalue weighted by molar-refractivity contribution is 8.00. The number of amides is 2. The van der Waals surface area contributed by atoms with E-state index >= 15 is 0 Å². The number of sulfonamides is 1. The monoisotopic (exact) mass is 561 g/mol. The Hall–Kier alpha value is -4.02. The number of carbonyl (C=O) groups is 2. The SMILES string of the molecule is Cc1ccc(C)c(NS(=O)(=O)c2ccc(NC(=O)c3ccc(C4SCC(=O)N4Cc4ccco4)cc3)cc2)c1. The molecule has 5 rings (SSSR count). The molecule has 0 bridgehead atoms. The third-order valence-electron chi connectivity index (χ3n) is 6.39. The van der Waals surface area contributed by atoms with Gasteiger partial charge < -0.3 is 14.6 Å². The average Bonchev–Trinajstić information content (AvgIpc) is 3.57. The van der Waals surface area contributed by atoms with Crippen LogP contribution in [-0.4, -0.2) is 30.9 Å². The molecule has 0 radical (unpaired) electrons. The fourth-order valence-electron chi connectivity index (χ4n) is 4.24. The zero-order valence-electron chi connectivity index (χ0n) is 21.4. The third-order valence-corrected chi connectivity index (χ3v) is 9.03. The fourth-order valence-corrected chi connectivity index (χ4v) is 6.55. The topological polar surface area (TPSA) is 109 Å². The number of benzene rings is 3. The molecule has 1 atom stereocenters. The minimum atomic E-state index is -3.79. The van der Waals surface area contributed by atoms with Crippen molar-refractivity contribution in [2.75, 3.05) is 15.8 Å². The Morgan fingerprint density at radius 1 is 1.03 bits per heavy atom. The van der Waals surface area contributed by atoms with Crippen LogP contribution in [0.15, 0.2) is 94.4 Å². The van der Waals surface area contributed by atoms with Gasteiger partial charge in [0.1, 0.15) is 11.1 Å². The van der Waals surface area contributed by atoms with Crippen LogP contribution >= 0.6 is 11.8 Å². The molecule has 3 aromatic carbocycles. The Kier molecular flexibility index (Phi) is 7.49. The molecule has 200 valence electrons. The Balaban J connectivity index is 1.23. The maximum absolute atomic E-state index is 12.9. The van der Waals surface area contributed by atoms with E-state index in [-0.39, 0.29) is 22.1 Å². The highest BCUT2D eigenvalue weighted by Crippen LogP contribution is 2.39. The second-order valence-corrected chi connectivity index (χ2v) is 12.0. The smallest absolute Gasteiger partial charge is 0.261 e. The van der Waals surface area contributed by atoms with E-state index in [9.17, 15) is 18.0 Å². The van der Waals surface area contributed by atoms with Crippen LogP contribution < -0.4 is 10.0 Å². The van der Waals surface area contributed by atoms with Gasteiger partial charge in [-0.1, -0.05) is 24.3 Å². The molecule has 8 nitrogen and oxygen atoms in total. The molecule has 0 aliphatic carbocycles. The number of rotatable bonds is 8. The van der Waals surface area contributed by atoms with E-state index < -0.39 is 10.0 Å². The molecule has 4 aromatic rings. The van der Waals surface area contributed by atoms with Crippen molar-refractivity contribution in [1.82, 2.24) is 4.90 Å². The van der Waals surface area contributed by atoms with Crippen molar-refractivity contribution in [3.8, 4) is 0 Å². The molecule has 39 heavy (non-hydrogen) atoms. The van der Waals surface area contributed by atoms with Crippen LogP contribution in [0.3, 0.4) is 0 Å². The number of hydrogen-bond acceptors (Lipinski definition) is 6. The summed E-state index contributed by atoms with van der Waals surface area (Å²) in [5.41, 5.74) is 4.13. The van der Waals surface area contributed by atoms with Crippen molar-refractivity contribution >= 4 is 45.0 Å². The Bertz CT molecular complexity index is 1600. The fraction of sp³-hybridized carbons (Fsp3) is 0.172. The summed E-state index contributed by atoms with van der Waals surface area (Å²) in [4.78, 5) is 27.1. The van der Waals surface area contributed by atoms with Gasteiger partial charge in [0.05, 0.1) is 29.1 Å². The molecule has 0 spiro atoms. The van der Waals surface area contributed by atoms with E-state index in [1.807, 2.05) is 44.2 Å². The lowest BCUT2D eigenvalue weighted by atomic mass is 10.1. The minimum Gasteiger partial charge on any atom is -0.467 e. The maximum Gasteiger partial charge on any atom is 0.261 e. The summed E-state index contributed by atoms with van der Waals surface area (Å²) in [7, 11) is -3.79. The zero-order chi connectivity index (χ0) is 27.6.